The van der Waals surface area contributed by atoms with Gasteiger partial charge in [-0.05, 0) is 19.1 Å². The summed E-state index contributed by atoms with van der Waals surface area (Å²) in [6, 6.07) is 9.38. The molecule has 2 aromatic heterocycles. The van der Waals surface area contributed by atoms with Crippen LogP contribution in [0.2, 0.25) is 0 Å². The van der Waals surface area contributed by atoms with E-state index < -0.39 is 11.7 Å². The molecule has 0 saturated heterocycles. The van der Waals surface area contributed by atoms with Crippen LogP contribution in [0.1, 0.15) is 16.2 Å². The number of nitrogens with zero attached hydrogens (tertiary/aromatic N) is 3. The number of nitrogen functional groups attached to an aromatic ring is 1. The second-order valence-electron chi connectivity index (χ2n) is 4.44. The first kappa shape index (κ1) is 12.3. The number of carbonyl (C=O) groups is 1. The summed E-state index contributed by atoms with van der Waals surface area (Å²) in [5.74, 6) is -0.731. The molecule has 2 N–H and O–H groups in total. The smallest absolute Gasteiger partial charge is 0.298 e. The molecule has 0 bridgehead atoms. The monoisotopic (exact) mass is 270 g/mol. The molecule has 3 aromatic rings. The van der Waals surface area contributed by atoms with Gasteiger partial charge in [-0.15, -0.1) is 0 Å². The summed E-state index contributed by atoms with van der Waals surface area (Å²) in [5, 5.41) is 4.63. The van der Waals surface area contributed by atoms with Crippen LogP contribution in [0.3, 0.4) is 0 Å². The predicted molar refractivity (Wildman–Crippen MR) is 72.8 cm³/mol. The lowest BCUT2D eigenvalue weighted by molar-refractivity contribution is 0.0943. The Balaban J connectivity index is 2.13. The highest BCUT2D eigenvalue weighted by Crippen LogP contribution is 2.17. The Morgan fingerprint density at radius 3 is 2.80 bits per heavy atom. The number of halogens is 1. The third-order valence-electron chi connectivity index (χ3n) is 2.94. The lowest BCUT2D eigenvalue weighted by Crippen LogP contribution is -2.17. The second-order valence-corrected chi connectivity index (χ2v) is 4.44. The van der Waals surface area contributed by atoms with Gasteiger partial charge in [-0.3, -0.25) is 4.79 Å². The fourth-order valence-corrected chi connectivity index (χ4v) is 2.02. The van der Waals surface area contributed by atoms with Crippen LogP contribution in [0.5, 0.6) is 0 Å². The molecule has 0 unspecified atom stereocenters. The number of aryl methyl sites for hydroxylation is 1. The van der Waals surface area contributed by atoms with Gasteiger partial charge < -0.3 is 5.73 Å². The van der Waals surface area contributed by atoms with Gasteiger partial charge in [0.1, 0.15) is 22.8 Å². The molecule has 6 heteroatoms. The summed E-state index contributed by atoms with van der Waals surface area (Å²) >= 11 is 0. The summed E-state index contributed by atoms with van der Waals surface area (Å²) in [6.07, 6.45) is 0. The zero-order chi connectivity index (χ0) is 14.3. The first-order valence-corrected chi connectivity index (χ1v) is 5.98. The summed E-state index contributed by atoms with van der Waals surface area (Å²) in [4.78, 5) is 16.3. The quantitative estimate of drug-likeness (QED) is 0.735. The Morgan fingerprint density at radius 2 is 2.10 bits per heavy atom. The third-order valence-corrected chi connectivity index (χ3v) is 2.94. The number of pyridine rings is 1. The number of rotatable bonds is 1. The van der Waals surface area contributed by atoms with Crippen molar-refractivity contribution in [2.24, 2.45) is 0 Å². The van der Waals surface area contributed by atoms with Gasteiger partial charge in [-0.2, -0.15) is 9.78 Å². The lowest BCUT2D eigenvalue weighted by atomic mass is 10.2. The van der Waals surface area contributed by atoms with E-state index in [1.165, 1.54) is 12.1 Å². The standard InChI is InChI=1S/C14H11FN4O/c1-8-7-12(16)19(18-8)14(20)11-6-5-9-3-2-4-10(15)13(9)17-11/h2-7H,16H2,1H3. The van der Waals surface area contributed by atoms with Crippen LogP contribution in [-0.2, 0) is 0 Å². The average molecular weight is 270 g/mol. The predicted octanol–water partition coefficient (Wildman–Crippen LogP) is 2.15. The zero-order valence-electron chi connectivity index (χ0n) is 10.7. The minimum Gasteiger partial charge on any atom is -0.383 e. The van der Waals surface area contributed by atoms with Gasteiger partial charge in [0, 0.05) is 11.5 Å². The van der Waals surface area contributed by atoms with Gasteiger partial charge >= 0.3 is 0 Å². The Hall–Kier alpha value is -2.76. The zero-order valence-corrected chi connectivity index (χ0v) is 10.7. The molecule has 100 valence electrons. The number of para-hydroxylation sites is 1. The Labute approximate surface area is 113 Å². The molecular weight excluding hydrogens is 259 g/mol. The second kappa shape index (κ2) is 4.41. The number of hydrogen-bond acceptors (Lipinski definition) is 4. The van der Waals surface area contributed by atoms with E-state index in [-0.39, 0.29) is 17.0 Å². The molecule has 1 aromatic carbocycles. The minimum absolute atomic E-state index is 0.0948. The van der Waals surface area contributed by atoms with E-state index in [9.17, 15) is 9.18 Å². The van der Waals surface area contributed by atoms with Crippen LogP contribution in [0.25, 0.3) is 10.9 Å². The van der Waals surface area contributed by atoms with Crippen LogP contribution in [0, 0.1) is 12.7 Å². The van der Waals surface area contributed by atoms with Crippen molar-refractivity contribution >= 4 is 22.6 Å². The number of anilines is 1. The molecule has 0 aliphatic rings. The Morgan fingerprint density at radius 1 is 1.30 bits per heavy atom. The van der Waals surface area contributed by atoms with Crippen molar-refractivity contribution in [1.29, 1.82) is 0 Å². The van der Waals surface area contributed by atoms with E-state index in [4.69, 9.17) is 5.73 Å². The van der Waals surface area contributed by atoms with E-state index in [0.29, 0.717) is 11.1 Å². The van der Waals surface area contributed by atoms with Crippen molar-refractivity contribution in [2.75, 3.05) is 5.73 Å². The van der Waals surface area contributed by atoms with E-state index in [2.05, 4.69) is 10.1 Å². The van der Waals surface area contributed by atoms with Gasteiger partial charge in [-0.25, -0.2) is 9.37 Å². The molecule has 3 rings (SSSR count). The van der Waals surface area contributed by atoms with Gasteiger partial charge in [0.2, 0.25) is 0 Å². The molecule has 0 aliphatic heterocycles. The first-order chi connectivity index (χ1) is 9.56. The van der Waals surface area contributed by atoms with Crippen LogP contribution < -0.4 is 5.73 Å². The molecule has 0 saturated carbocycles. The van der Waals surface area contributed by atoms with Gasteiger partial charge in [0.15, 0.2) is 0 Å². The molecular formula is C14H11FN4O. The van der Waals surface area contributed by atoms with Gasteiger partial charge in [0.25, 0.3) is 5.91 Å². The highest BCUT2D eigenvalue weighted by molar-refractivity contribution is 5.97. The number of hydrogen-bond donors (Lipinski definition) is 1. The minimum atomic E-state index is -0.485. The fraction of sp³-hybridized carbons (Fsp3) is 0.0714. The highest BCUT2D eigenvalue weighted by atomic mass is 19.1. The molecule has 2 heterocycles. The van der Waals surface area contributed by atoms with Crippen molar-refractivity contribution in [1.82, 2.24) is 14.8 Å². The maximum atomic E-state index is 13.7. The van der Waals surface area contributed by atoms with Crippen LogP contribution in [0.4, 0.5) is 10.2 Å². The summed E-state index contributed by atoms with van der Waals surface area (Å²) in [7, 11) is 0. The molecule has 0 atom stereocenters. The molecule has 0 aliphatic carbocycles. The summed E-state index contributed by atoms with van der Waals surface area (Å²) in [6.45, 7) is 1.73. The number of fused-ring (bicyclic) bond motifs is 1. The number of aromatic nitrogens is 3. The summed E-state index contributed by atoms with van der Waals surface area (Å²) in [5.41, 5.74) is 6.58. The van der Waals surface area contributed by atoms with Crippen LogP contribution in [-0.4, -0.2) is 20.7 Å². The van der Waals surface area contributed by atoms with Crippen molar-refractivity contribution in [3.63, 3.8) is 0 Å². The lowest BCUT2D eigenvalue weighted by Gasteiger charge is -2.04. The number of benzene rings is 1. The maximum Gasteiger partial charge on any atom is 0.298 e. The average Bonchev–Trinajstić information content (AvgIpc) is 2.77. The molecule has 0 spiro atoms. The van der Waals surface area contributed by atoms with Crippen molar-refractivity contribution in [3.8, 4) is 0 Å². The SMILES string of the molecule is Cc1cc(N)n(C(=O)c2ccc3cccc(F)c3n2)n1. The maximum absolute atomic E-state index is 13.7. The topological polar surface area (TPSA) is 73.8 Å². The van der Waals surface area contributed by atoms with Crippen molar-refractivity contribution in [2.45, 2.75) is 6.92 Å². The Kier molecular flexibility index (Phi) is 2.71. The first-order valence-electron chi connectivity index (χ1n) is 5.98. The summed E-state index contributed by atoms with van der Waals surface area (Å²) < 4.78 is 14.8. The van der Waals surface area contributed by atoms with Gasteiger partial charge in [0.05, 0.1) is 5.69 Å². The largest absolute Gasteiger partial charge is 0.383 e. The van der Waals surface area contributed by atoms with E-state index in [0.717, 1.165) is 4.68 Å². The number of nitrogens with two attached hydrogens (primary N) is 1. The van der Waals surface area contributed by atoms with Crippen molar-refractivity contribution < 1.29 is 9.18 Å². The van der Waals surface area contributed by atoms with E-state index in [1.807, 2.05) is 0 Å². The fourth-order valence-electron chi connectivity index (χ4n) is 2.02. The molecule has 20 heavy (non-hydrogen) atoms. The highest BCUT2D eigenvalue weighted by Gasteiger charge is 2.15. The molecule has 0 fully saturated rings. The number of carbonyl (C=O) groups excluding carboxylic acids is 1. The molecule has 0 amide bonds. The van der Waals surface area contributed by atoms with E-state index in [1.54, 1.807) is 31.2 Å². The third kappa shape index (κ3) is 1.91. The van der Waals surface area contributed by atoms with Crippen LogP contribution in [0.15, 0.2) is 36.4 Å². The van der Waals surface area contributed by atoms with Gasteiger partial charge in [-0.1, -0.05) is 18.2 Å². The Bertz CT molecular complexity index is 825. The molecule has 0 radical (unpaired) electrons. The van der Waals surface area contributed by atoms with Crippen molar-refractivity contribution in [3.05, 3.63) is 53.6 Å². The van der Waals surface area contributed by atoms with E-state index >= 15 is 0 Å². The molecule has 5 nitrogen and oxygen atoms in total. The normalized spacial score (nSPS) is 10.9. The van der Waals surface area contributed by atoms with Crippen LogP contribution >= 0.6 is 0 Å².